The van der Waals surface area contributed by atoms with E-state index in [1.165, 1.54) is 148 Å². The molecule has 19 heteroatoms. The van der Waals surface area contributed by atoms with Gasteiger partial charge in [0.25, 0.3) is 0 Å². The SMILES string of the molecule is CC/C=C\C/C=C\C/C=C\C/C=C\C/C=C\CCCCCCCCCCCCCCCCCCCC(=O)NC(COC1OC(CO)C(OC2OC(CO)C(OC3OC(CO)C(O)C(O)C3O)C(O)C2O)C(O)C1O)C(O)/C=C/CCCCCCCCCCCCCC. The van der Waals surface area contributed by atoms with Crippen LogP contribution in [0.25, 0.3) is 0 Å². The van der Waals surface area contributed by atoms with E-state index in [9.17, 15) is 61.0 Å². The largest absolute Gasteiger partial charge is 0.394 e. The third kappa shape index (κ3) is 35.5. The fraction of sp³-hybridized carbons (Fsp3) is 0.822. The first-order chi connectivity index (χ1) is 44.8. The van der Waals surface area contributed by atoms with Gasteiger partial charge in [-0.2, -0.15) is 0 Å². The predicted molar refractivity (Wildman–Crippen MR) is 360 cm³/mol. The zero-order chi connectivity index (χ0) is 66.8. The zero-order valence-electron chi connectivity index (χ0n) is 56.5. The van der Waals surface area contributed by atoms with Gasteiger partial charge < -0.3 is 89.9 Å². The summed E-state index contributed by atoms with van der Waals surface area (Å²) >= 11 is 0. The summed E-state index contributed by atoms with van der Waals surface area (Å²) in [6.45, 7) is 1.62. The van der Waals surface area contributed by atoms with E-state index in [-0.39, 0.29) is 18.9 Å². The predicted octanol–water partition coefficient (Wildman–Crippen LogP) is 10.1. The van der Waals surface area contributed by atoms with Crippen molar-refractivity contribution in [1.29, 1.82) is 0 Å². The van der Waals surface area contributed by atoms with E-state index in [1.54, 1.807) is 6.08 Å². The van der Waals surface area contributed by atoms with E-state index in [0.29, 0.717) is 6.42 Å². The van der Waals surface area contributed by atoms with Gasteiger partial charge in [0.1, 0.15) is 73.2 Å². The van der Waals surface area contributed by atoms with Crippen molar-refractivity contribution in [3.8, 4) is 0 Å². The van der Waals surface area contributed by atoms with Crippen LogP contribution < -0.4 is 5.32 Å². The lowest BCUT2D eigenvalue weighted by atomic mass is 9.96. The van der Waals surface area contributed by atoms with E-state index in [0.717, 1.165) is 77.0 Å². The molecule has 3 heterocycles. The minimum Gasteiger partial charge on any atom is -0.394 e. The standard InChI is InChI=1S/C73H129NO18/c1-3-5-7-9-11-13-15-17-19-20-21-22-23-24-25-26-27-28-29-30-31-32-33-34-35-36-37-39-41-43-45-47-49-51-61(79)74-56(57(78)50-48-46-44-42-40-38-18-16-14-12-10-8-6-4-2)55-87-71-67(85)64(82)69(59(53-76)89-71)92-73-68(86)65(83)70(60(54-77)90-73)91-72-66(84)63(81)62(80)58(52-75)88-72/h5,7,11,13,17,19,21-22,24-25,48,50,56-60,62-73,75-78,80-86H,3-4,6,8-10,12,14-16,18,20,23,26-47,49,51-55H2,1-2H3,(H,74,79)/b7-5-,13-11-,19-17-,22-21-,25-24-,50-48+. The maximum absolute atomic E-state index is 13.4. The molecule has 17 unspecified atom stereocenters. The number of aliphatic hydroxyl groups is 11. The maximum Gasteiger partial charge on any atom is 0.220 e. The minimum absolute atomic E-state index is 0.242. The molecule has 1 amide bonds. The number of unbranched alkanes of at least 4 members (excludes halogenated alkanes) is 29. The van der Waals surface area contributed by atoms with E-state index in [4.69, 9.17) is 28.4 Å². The van der Waals surface area contributed by atoms with Gasteiger partial charge in [-0.25, -0.2) is 0 Å². The lowest BCUT2D eigenvalue weighted by Crippen LogP contribution is -2.66. The van der Waals surface area contributed by atoms with E-state index < -0.39 is 124 Å². The Labute approximate surface area is 553 Å². The van der Waals surface area contributed by atoms with Crippen LogP contribution in [0.5, 0.6) is 0 Å². The first kappa shape index (κ1) is 83.5. The number of rotatable bonds is 55. The van der Waals surface area contributed by atoms with Gasteiger partial charge in [-0.3, -0.25) is 4.79 Å². The summed E-state index contributed by atoms with van der Waals surface area (Å²) in [5.41, 5.74) is 0. The van der Waals surface area contributed by atoms with E-state index >= 15 is 0 Å². The molecule has 3 aliphatic heterocycles. The molecule has 19 nitrogen and oxygen atoms in total. The Kier molecular flexibility index (Phi) is 49.2. The summed E-state index contributed by atoms with van der Waals surface area (Å²) < 4.78 is 34.3. The first-order valence-corrected chi connectivity index (χ1v) is 36.2. The highest BCUT2D eigenvalue weighted by molar-refractivity contribution is 5.76. The smallest absolute Gasteiger partial charge is 0.220 e. The average Bonchev–Trinajstić information content (AvgIpc) is 0.840. The fourth-order valence-corrected chi connectivity index (χ4v) is 11.9. The number of hydrogen-bond acceptors (Lipinski definition) is 18. The Bertz CT molecular complexity index is 1950. The van der Waals surface area contributed by atoms with Crippen molar-refractivity contribution >= 4 is 5.91 Å². The molecular formula is C73H129NO18. The number of amides is 1. The van der Waals surface area contributed by atoms with Crippen LogP contribution >= 0.6 is 0 Å². The molecular weight excluding hydrogens is 1180 g/mol. The molecule has 0 aliphatic carbocycles. The normalized spacial score (nSPS) is 28.1. The minimum atomic E-state index is -1.98. The molecule has 3 saturated heterocycles. The lowest BCUT2D eigenvalue weighted by molar-refractivity contribution is -0.379. The monoisotopic (exact) mass is 1310 g/mol. The molecule has 534 valence electrons. The van der Waals surface area contributed by atoms with Crippen molar-refractivity contribution < 1.29 is 89.4 Å². The van der Waals surface area contributed by atoms with Gasteiger partial charge in [0.2, 0.25) is 5.91 Å². The van der Waals surface area contributed by atoms with Crippen molar-refractivity contribution in [1.82, 2.24) is 5.32 Å². The van der Waals surface area contributed by atoms with Crippen LogP contribution in [0.15, 0.2) is 72.9 Å². The van der Waals surface area contributed by atoms with Gasteiger partial charge in [-0.15, -0.1) is 0 Å². The highest BCUT2D eigenvalue weighted by Crippen LogP contribution is 2.33. The van der Waals surface area contributed by atoms with Crippen molar-refractivity contribution in [2.45, 2.75) is 356 Å². The van der Waals surface area contributed by atoms with Crippen LogP contribution in [-0.2, 0) is 33.2 Å². The second kappa shape index (κ2) is 54.3. The van der Waals surface area contributed by atoms with Gasteiger partial charge in [-0.1, -0.05) is 254 Å². The Balaban J connectivity index is 1.36. The van der Waals surface area contributed by atoms with Gasteiger partial charge in [0.15, 0.2) is 18.9 Å². The summed E-state index contributed by atoms with van der Waals surface area (Å²) in [6, 6.07) is -0.974. The topological polar surface area (TPSA) is 307 Å². The van der Waals surface area contributed by atoms with Gasteiger partial charge in [0, 0.05) is 6.42 Å². The third-order valence-electron chi connectivity index (χ3n) is 17.8. The molecule has 0 bridgehead atoms. The highest BCUT2D eigenvalue weighted by Gasteiger charge is 2.53. The molecule has 0 saturated carbocycles. The van der Waals surface area contributed by atoms with Gasteiger partial charge in [-0.05, 0) is 64.2 Å². The van der Waals surface area contributed by atoms with Gasteiger partial charge >= 0.3 is 0 Å². The molecule has 0 aromatic heterocycles. The fourth-order valence-electron chi connectivity index (χ4n) is 11.9. The number of carbonyl (C=O) groups excluding carboxylic acids is 1. The molecule has 0 aromatic carbocycles. The summed E-state index contributed by atoms with van der Waals surface area (Å²) in [6.07, 6.45) is 41.7. The highest BCUT2D eigenvalue weighted by atomic mass is 16.8. The lowest BCUT2D eigenvalue weighted by Gasteiger charge is -2.48. The zero-order valence-corrected chi connectivity index (χ0v) is 56.5. The van der Waals surface area contributed by atoms with Crippen LogP contribution in [-0.4, -0.2) is 193 Å². The second-order valence-corrected chi connectivity index (χ2v) is 25.7. The molecule has 0 spiro atoms. The number of aliphatic hydroxyl groups excluding tert-OH is 11. The van der Waals surface area contributed by atoms with Crippen LogP contribution in [0, 0.1) is 0 Å². The average molecular weight is 1310 g/mol. The molecule has 0 aromatic rings. The molecule has 3 aliphatic rings. The summed E-state index contributed by atoms with van der Waals surface area (Å²) in [5.74, 6) is -0.276. The van der Waals surface area contributed by atoms with E-state index in [1.807, 2.05) is 6.08 Å². The van der Waals surface area contributed by atoms with E-state index in [2.05, 4.69) is 79.9 Å². The molecule has 12 N–H and O–H groups in total. The van der Waals surface area contributed by atoms with Crippen LogP contribution in [0.3, 0.4) is 0 Å². The molecule has 3 rings (SSSR count). The number of allylic oxidation sites excluding steroid dienone is 11. The van der Waals surface area contributed by atoms with Crippen molar-refractivity contribution in [3.05, 3.63) is 72.9 Å². The van der Waals surface area contributed by atoms with Crippen molar-refractivity contribution in [2.24, 2.45) is 0 Å². The summed E-state index contributed by atoms with van der Waals surface area (Å²) in [4.78, 5) is 13.4. The Hall–Kier alpha value is -2.77. The number of ether oxygens (including phenoxy) is 6. The maximum atomic E-state index is 13.4. The number of carbonyl (C=O) groups is 1. The number of hydrogen-bond donors (Lipinski definition) is 12. The third-order valence-corrected chi connectivity index (χ3v) is 17.8. The van der Waals surface area contributed by atoms with Crippen LogP contribution in [0.1, 0.15) is 251 Å². The Morgan fingerprint density at radius 2 is 0.750 bits per heavy atom. The second-order valence-electron chi connectivity index (χ2n) is 25.7. The summed E-state index contributed by atoms with van der Waals surface area (Å²) in [5, 5.41) is 120. The summed E-state index contributed by atoms with van der Waals surface area (Å²) in [7, 11) is 0. The van der Waals surface area contributed by atoms with Crippen molar-refractivity contribution in [2.75, 3.05) is 26.4 Å². The quantitative estimate of drug-likeness (QED) is 0.0199. The first-order valence-electron chi connectivity index (χ1n) is 36.2. The molecule has 3 fully saturated rings. The van der Waals surface area contributed by atoms with Crippen molar-refractivity contribution in [3.63, 3.8) is 0 Å². The molecule has 92 heavy (non-hydrogen) atoms. The van der Waals surface area contributed by atoms with Crippen LogP contribution in [0.4, 0.5) is 0 Å². The Morgan fingerprint density at radius 3 is 1.17 bits per heavy atom. The van der Waals surface area contributed by atoms with Crippen LogP contribution in [0.2, 0.25) is 0 Å². The molecule has 17 atom stereocenters. The Morgan fingerprint density at radius 1 is 0.402 bits per heavy atom. The number of nitrogens with one attached hydrogen (secondary N) is 1. The van der Waals surface area contributed by atoms with Gasteiger partial charge in [0.05, 0.1) is 38.6 Å². The molecule has 0 radical (unpaired) electrons.